The number of nitrogens with one attached hydrogen (secondary N) is 2. The Morgan fingerprint density at radius 2 is 1.73 bits per heavy atom. The molecule has 1 aliphatic carbocycles. The number of amides is 1. The van der Waals surface area contributed by atoms with Gasteiger partial charge in [0, 0.05) is 41.5 Å². The van der Waals surface area contributed by atoms with E-state index < -0.39 is 21.7 Å². The molecule has 6 rings (SSSR count). The molecule has 1 aliphatic rings. The number of carbonyl (C=O) groups is 1. The Hall–Kier alpha value is -4.45. The van der Waals surface area contributed by atoms with Gasteiger partial charge in [-0.05, 0) is 89.4 Å². The number of carbonyl (C=O) groups excluding carboxylic acids is 1. The van der Waals surface area contributed by atoms with Crippen LogP contribution in [-0.2, 0) is 21.3 Å². The van der Waals surface area contributed by atoms with Crippen molar-refractivity contribution in [3.8, 4) is 11.3 Å². The van der Waals surface area contributed by atoms with Crippen molar-refractivity contribution < 1.29 is 17.9 Å². The normalized spacial score (nSPS) is 16.9. The zero-order chi connectivity index (χ0) is 34.8. The van der Waals surface area contributed by atoms with Crippen LogP contribution in [0.2, 0.25) is 5.02 Å². The lowest BCUT2D eigenvalue weighted by molar-refractivity contribution is 0.0636. The van der Waals surface area contributed by atoms with Crippen molar-refractivity contribution in [1.29, 1.82) is 0 Å². The first-order valence-corrected chi connectivity index (χ1v) is 18.2. The largest absolute Gasteiger partial charge is 0.444 e. The standard InChI is InChI=1S/C37H41ClN6O4S/c1-37(2,3)48-36(45)41-26-19-17-25(18-20-26)23-43(4)28-12-10-11-27(21-28)40-35-39-22-32(38)34(42-35)31-24-44(33-16-9-8-15-30(31)33)49(46,47)29-13-6-5-7-14-29/h5-9,13-20,22,24,27-28H,10-12,21,23H2,1-4H3,(H,41,45)(H,39,40,42)/t27-,28+/m1/s1. The minimum atomic E-state index is -3.86. The molecule has 5 aromatic rings. The summed E-state index contributed by atoms with van der Waals surface area (Å²) in [6, 6.07) is 24.0. The Morgan fingerprint density at radius 1 is 1.02 bits per heavy atom. The summed E-state index contributed by atoms with van der Waals surface area (Å²) >= 11 is 6.67. The molecule has 10 nitrogen and oxygen atoms in total. The van der Waals surface area contributed by atoms with Crippen LogP contribution in [0.25, 0.3) is 22.2 Å². The van der Waals surface area contributed by atoms with Crippen molar-refractivity contribution >= 4 is 50.3 Å². The average Bonchev–Trinajstić information content (AvgIpc) is 3.47. The number of rotatable bonds is 9. The molecule has 1 fully saturated rings. The average molecular weight is 701 g/mol. The quantitative estimate of drug-likeness (QED) is 0.158. The molecule has 2 N–H and O–H groups in total. The molecular weight excluding hydrogens is 660 g/mol. The lowest BCUT2D eigenvalue weighted by atomic mass is 9.90. The van der Waals surface area contributed by atoms with Crippen molar-refractivity contribution in [2.75, 3.05) is 17.7 Å². The van der Waals surface area contributed by atoms with E-state index >= 15 is 0 Å². The molecule has 2 atom stereocenters. The van der Waals surface area contributed by atoms with E-state index in [-0.39, 0.29) is 10.9 Å². The molecular formula is C37H41ClN6O4S. The van der Waals surface area contributed by atoms with Crippen molar-refractivity contribution in [2.24, 2.45) is 0 Å². The summed E-state index contributed by atoms with van der Waals surface area (Å²) in [6.45, 7) is 6.27. The van der Waals surface area contributed by atoms with E-state index in [4.69, 9.17) is 21.3 Å². The van der Waals surface area contributed by atoms with Crippen LogP contribution in [0, 0.1) is 0 Å². The van der Waals surface area contributed by atoms with Gasteiger partial charge < -0.3 is 10.1 Å². The molecule has 0 unspecified atom stereocenters. The molecule has 0 bridgehead atoms. The number of nitrogens with zero attached hydrogens (tertiary/aromatic N) is 4. The summed E-state index contributed by atoms with van der Waals surface area (Å²) in [5, 5.41) is 7.37. The molecule has 12 heteroatoms. The molecule has 0 saturated heterocycles. The van der Waals surface area contributed by atoms with Crippen molar-refractivity contribution in [3.63, 3.8) is 0 Å². The van der Waals surface area contributed by atoms with Crippen LogP contribution < -0.4 is 10.6 Å². The lowest BCUT2D eigenvalue weighted by Crippen LogP contribution is -2.40. The van der Waals surface area contributed by atoms with Crippen LogP contribution in [0.4, 0.5) is 16.4 Å². The number of fused-ring (bicyclic) bond motifs is 1. The van der Waals surface area contributed by atoms with Crippen molar-refractivity contribution in [3.05, 3.63) is 102 Å². The minimum Gasteiger partial charge on any atom is -0.444 e. The van der Waals surface area contributed by atoms with Crippen LogP contribution in [0.1, 0.15) is 52.0 Å². The van der Waals surface area contributed by atoms with Gasteiger partial charge in [-0.25, -0.2) is 27.2 Å². The second-order valence-electron chi connectivity index (χ2n) is 13.5. The number of hydrogen-bond donors (Lipinski definition) is 2. The van der Waals surface area contributed by atoms with Crippen LogP contribution in [0.3, 0.4) is 0 Å². The van der Waals surface area contributed by atoms with E-state index in [1.807, 2.05) is 63.2 Å². The lowest BCUT2D eigenvalue weighted by Gasteiger charge is -2.35. The summed E-state index contributed by atoms with van der Waals surface area (Å²) in [7, 11) is -1.73. The van der Waals surface area contributed by atoms with Gasteiger partial charge in [-0.15, -0.1) is 0 Å². The van der Waals surface area contributed by atoms with E-state index in [1.165, 1.54) is 3.97 Å². The fraction of sp³-hybridized carbons (Fsp3) is 0.324. The van der Waals surface area contributed by atoms with Gasteiger partial charge >= 0.3 is 6.09 Å². The topological polar surface area (TPSA) is 118 Å². The molecule has 2 aromatic heterocycles. The smallest absolute Gasteiger partial charge is 0.412 e. The van der Waals surface area contributed by atoms with E-state index in [9.17, 15) is 13.2 Å². The summed E-state index contributed by atoms with van der Waals surface area (Å²) in [4.78, 5) is 24.0. The van der Waals surface area contributed by atoms with Crippen LogP contribution in [0.5, 0.6) is 0 Å². The highest BCUT2D eigenvalue weighted by Gasteiger charge is 2.27. The highest BCUT2D eigenvalue weighted by molar-refractivity contribution is 7.90. The molecule has 0 spiro atoms. The number of anilines is 2. The third kappa shape index (κ3) is 8.07. The fourth-order valence-electron chi connectivity index (χ4n) is 6.28. The maximum Gasteiger partial charge on any atom is 0.412 e. The van der Waals surface area contributed by atoms with Gasteiger partial charge in [0.15, 0.2) is 0 Å². The third-order valence-electron chi connectivity index (χ3n) is 8.61. The van der Waals surface area contributed by atoms with Gasteiger partial charge in [-0.2, -0.15) is 0 Å². The van der Waals surface area contributed by atoms with Crippen LogP contribution >= 0.6 is 11.6 Å². The monoisotopic (exact) mass is 700 g/mol. The molecule has 0 radical (unpaired) electrons. The molecule has 1 saturated carbocycles. The summed E-state index contributed by atoms with van der Waals surface area (Å²) in [5.74, 6) is 0.448. The SMILES string of the molecule is CN(Cc1ccc(NC(=O)OC(C)(C)C)cc1)[C@H]1CCC[C@@H](Nc2ncc(Cl)c(-c3cn(S(=O)(=O)c4ccccc4)c4ccccc34)n2)C1. The zero-order valence-corrected chi connectivity index (χ0v) is 29.6. The molecule has 256 valence electrons. The number of hydrogen-bond acceptors (Lipinski definition) is 8. The first kappa shape index (κ1) is 34.4. The Labute approximate surface area is 292 Å². The Kier molecular flexibility index (Phi) is 9.96. The molecule has 3 aromatic carbocycles. The zero-order valence-electron chi connectivity index (χ0n) is 28.1. The number of ether oxygens (including phenoxy) is 1. The predicted molar refractivity (Wildman–Crippen MR) is 194 cm³/mol. The second kappa shape index (κ2) is 14.2. The summed E-state index contributed by atoms with van der Waals surface area (Å²) < 4.78 is 34.0. The van der Waals surface area contributed by atoms with Gasteiger partial charge in [-0.3, -0.25) is 10.2 Å². The molecule has 49 heavy (non-hydrogen) atoms. The summed E-state index contributed by atoms with van der Waals surface area (Å²) in [5.41, 5.74) is 2.89. The molecule has 2 heterocycles. The fourth-order valence-corrected chi connectivity index (χ4v) is 7.86. The third-order valence-corrected chi connectivity index (χ3v) is 10.6. The van der Waals surface area contributed by atoms with Crippen LogP contribution in [0.15, 0.2) is 96.2 Å². The number of halogens is 1. The van der Waals surface area contributed by atoms with Gasteiger partial charge in [0.05, 0.1) is 27.3 Å². The Balaban J connectivity index is 1.15. The van der Waals surface area contributed by atoms with Crippen molar-refractivity contribution in [2.45, 2.75) is 75.6 Å². The van der Waals surface area contributed by atoms with Crippen molar-refractivity contribution in [1.82, 2.24) is 18.8 Å². The summed E-state index contributed by atoms with van der Waals surface area (Å²) in [6.07, 6.45) is 6.70. The number of para-hydroxylation sites is 1. The van der Waals surface area contributed by atoms with E-state index in [1.54, 1.807) is 48.8 Å². The molecule has 1 amide bonds. The highest BCUT2D eigenvalue weighted by Crippen LogP contribution is 2.36. The van der Waals surface area contributed by atoms with Gasteiger partial charge in [0.25, 0.3) is 10.0 Å². The van der Waals surface area contributed by atoms with Gasteiger partial charge in [-0.1, -0.05) is 60.1 Å². The first-order valence-electron chi connectivity index (χ1n) is 16.4. The van der Waals surface area contributed by atoms with E-state index in [2.05, 4.69) is 27.6 Å². The first-order chi connectivity index (χ1) is 23.4. The minimum absolute atomic E-state index is 0.149. The highest BCUT2D eigenvalue weighted by atomic mass is 35.5. The predicted octanol–water partition coefficient (Wildman–Crippen LogP) is 8.19. The van der Waals surface area contributed by atoms with E-state index in [0.29, 0.717) is 39.5 Å². The van der Waals surface area contributed by atoms with Gasteiger partial charge in [0.1, 0.15) is 5.60 Å². The Morgan fingerprint density at radius 3 is 2.47 bits per heavy atom. The number of aromatic nitrogens is 3. The maximum absolute atomic E-state index is 13.7. The van der Waals surface area contributed by atoms with Crippen LogP contribution in [-0.4, -0.2) is 58.1 Å². The number of benzene rings is 3. The Bertz CT molecular complexity index is 2050. The van der Waals surface area contributed by atoms with E-state index in [0.717, 1.165) is 43.2 Å². The maximum atomic E-state index is 13.7. The second-order valence-corrected chi connectivity index (χ2v) is 15.7. The van der Waals surface area contributed by atoms with Gasteiger partial charge in [0.2, 0.25) is 5.95 Å². The molecule has 0 aliphatic heterocycles.